The van der Waals surface area contributed by atoms with Crippen LogP contribution in [-0.2, 0) is 21.7 Å². The van der Waals surface area contributed by atoms with Crippen LogP contribution >= 0.6 is 0 Å². The molecule has 3 nitrogen and oxygen atoms in total. The van der Waals surface area contributed by atoms with E-state index in [0.29, 0.717) is 0 Å². The van der Waals surface area contributed by atoms with Crippen molar-refractivity contribution in [2.24, 2.45) is 0 Å². The van der Waals surface area contributed by atoms with Crippen LogP contribution in [0.25, 0.3) is 82.5 Å². The summed E-state index contributed by atoms with van der Waals surface area (Å²) >= 11 is 0. The van der Waals surface area contributed by atoms with Gasteiger partial charge in [-0.05, 0) is 116 Å². The molecule has 0 amide bonds. The molecule has 7 aromatic carbocycles. The maximum absolute atomic E-state index is 2.66. The molecule has 0 fully saturated rings. The maximum atomic E-state index is 2.66. The average molecular weight is 808 g/mol. The van der Waals surface area contributed by atoms with Gasteiger partial charge in [0.1, 0.15) is 0 Å². The molecule has 0 saturated heterocycles. The highest BCUT2D eigenvalue weighted by molar-refractivity contribution is 6.16. The Hall–Kier alpha value is -6.06. The van der Waals surface area contributed by atoms with Gasteiger partial charge in [-0.1, -0.05) is 144 Å². The van der Waals surface area contributed by atoms with Gasteiger partial charge in [0.05, 0.1) is 50.2 Å². The van der Waals surface area contributed by atoms with Crippen LogP contribution in [-0.4, -0.2) is 13.7 Å². The van der Waals surface area contributed by atoms with Crippen molar-refractivity contribution < 1.29 is 0 Å². The summed E-state index contributed by atoms with van der Waals surface area (Å²) in [5.74, 6) is 0.0413. The Balaban J connectivity index is 1.33. The van der Waals surface area contributed by atoms with Gasteiger partial charge in [0, 0.05) is 43.8 Å². The van der Waals surface area contributed by atoms with Gasteiger partial charge in [-0.3, -0.25) is 0 Å². The molecule has 0 bridgehead atoms. The van der Waals surface area contributed by atoms with E-state index >= 15 is 0 Å². The van der Waals surface area contributed by atoms with Crippen molar-refractivity contribution in [3.05, 3.63) is 160 Å². The smallest absolute Gasteiger partial charge is 0.0583 e. The highest BCUT2D eigenvalue weighted by Crippen LogP contribution is 2.57. The van der Waals surface area contributed by atoms with Gasteiger partial charge in [-0.25, -0.2) is 0 Å². The second-order valence-corrected chi connectivity index (χ2v) is 22.8. The summed E-state index contributed by atoms with van der Waals surface area (Å²) in [5.41, 5.74) is 21.1. The van der Waals surface area contributed by atoms with Crippen LogP contribution < -0.4 is 0 Å². The molecule has 0 radical (unpaired) electrons. The number of nitrogens with zero attached hydrogens (tertiary/aromatic N) is 3. The summed E-state index contributed by atoms with van der Waals surface area (Å²) in [7, 11) is 0. The average Bonchev–Trinajstić information content (AvgIpc) is 3.85. The summed E-state index contributed by atoms with van der Waals surface area (Å²) in [6, 6.07) is 47.8. The molecule has 10 aromatic rings. The minimum atomic E-state index is -0.0419. The third-order valence-corrected chi connectivity index (χ3v) is 14.6. The van der Waals surface area contributed by atoms with Crippen molar-refractivity contribution in [1.29, 1.82) is 0 Å². The summed E-state index contributed by atoms with van der Waals surface area (Å²) in [6.45, 7) is 28.3. The number of benzene rings is 7. The first-order valence-corrected chi connectivity index (χ1v) is 22.7. The fourth-order valence-corrected chi connectivity index (χ4v) is 11.2. The molecule has 3 heteroatoms. The molecule has 2 aliphatic rings. The fourth-order valence-electron chi connectivity index (χ4n) is 11.2. The number of hydrogen-bond acceptors (Lipinski definition) is 0. The van der Waals surface area contributed by atoms with E-state index in [-0.39, 0.29) is 27.6 Å². The van der Waals surface area contributed by atoms with Gasteiger partial charge < -0.3 is 13.7 Å². The Bertz CT molecular complexity index is 3370. The quantitative estimate of drug-likeness (QED) is 0.157. The third kappa shape index (κ3) is 5.00. The Morgan fingerprint density at radius 2 is 0.710 bits per heavy atom. The monoisotopic (exact) mass is 807 g/mol. The largest absolute Gasteiger partial charge is 0.309 e. The lowest BCUT2D eigenvalue weighted by atomic mass is 9.74. The molecular weight excluding hydrogens is 751 g/mol. The van der Waals surface area contributed by atoms with E-state index in [1.165, 1.54) is 121 Å². The topological polar surface area (TPSA) is 14.8 Å². The van der Waals surface area contributed by atoms with Gasteiger partial charge in [-0.2, -0.15) is 0 Å². The van der Waals surface area contributed by atoms with E-state index in [4.69, 9.17) is 0 Å². The lowest BCUT2D eigenvalue weighted by Gasteiger charge is -2.37. The first-order chi connectivity index (χ1) is 29.3. The van der Waals surface area contributed by atoms with Gasteiger partial charge in [0.25, 0.3) is 0 Å². The van der Waals surface area contributed by atoms with Crippen LogP contribution in [0.15, 0.2) is 121 Å². The van der Waals surface area contributed by atoms with E-state index in [1.54, 1.807) is 0 Å². The molecular formula is C59H57N3. The van der Waals surface area contributed by atoms with Crippen molar-refractivity contribution in [2.45, 2.75) is 111 Å². The van der Waals surface area contributed by atoms with Crippen LogP contribution in [0, 0.1) is 0 Å². The number of fused-ring (bicyclic) bond motifs is 13. The lowest BCUT2D eigenvalue weighted by Crippen LogP contribution is -2.24. The summed E-state index contributed by atoms with van der Waals surface area (Å²) in [6.07, 6.45) is 0. The molecule has 2 aliphatic heterocycles. The Morgan fingerprint density at radius 3 is 1.11 bits per heavy atom. The van der Waals surface area contributed by atoms with Crippen molar-refractivity contribution in [3.8, 4) is 17.1 Å². The predicted octanol–water partition coefficient (Wildman–Crippen LogP) is 16.0. The molecule has 0 unspecified atom stereocenters. The Kier molecular flexibility index (Phi) is 7.23. The Morgan fingerprint density at radius 1 is 0.339 bits per heavy atom. The van der Waals surface area contributed by atoms with Gasteiger partial charge in [0.15, 0.2) is 0 Å². The van der Waals surface area contributed by atoms with Crippen molar-refractivity contribution >= 4 is 65.4 Å². The summed E-state index contributed by atoms with van der Waals surface area (Å²) in [4.78, 5) is 0. The molecule has 0 saturated carbocycles. The first-order valence-electron chi connectivity index (χ1n) is 22.7. The van der Waals surface area contributed by atoms with Crippen LogP contribution in [0.5, 0.6) is 0 Å². The normalized spacial score (nSPS) is 14.4. The standard InChI is InChI=1S/C59H57N3/c1-56(2,3)33-21-23-48-40(25-33)42-27-35(58(7,8)9)29-44-52-45-30-36(59(10,11)12)28-43-41-26-34(57(4,5)6)22-24-49(41)62(55(43)45)51-32-37(31-50(53(51)52)61(48)54(42)44)60-46-19-15-13-17-38(46)39-18-14-16-20-47(39)60/h13-32,52H,1-12H3. The molecule has 0 aliphatic carbocycles. The van der Waals surface area contributed by atoms with Crippen LogP contribution in [0.1, 0.15) is 128 Å². The van der Waals surface area contributed by atoms with Gasteiger partial charge >= 0.3 is 0 Å². The van der Waals surface area contributed by atoms with E-state index in [9.17, 15) is 0 Å². The minimum Gasteiger partial charge on any atom is -0.309 e. The third-order valence-electron chi connectivity index (χ3n) is 14.6. The van der Waals surface area contributed by atoms with E-state index in [0.717, 1.165) is 0 Å². The molecule has 0 N–H and O–H groups in total. The van der Waals surface area contributed by atoms with Gasteiger partial charge in [0.2, 0.25) is 0 Å². The van der Waals surface area contributed by atoms with Crippen molar-refractivity contribution in [2.75, 3.05) is 0 Å². The van der Waals surface area contributed by atoms with Crippen molar-refractivity contribution in [1.82, 2.24) is 13.7 Å². The van der Waals surface area contributed by atoms with Crippen LogP contribution in [0.2, 0.25) is 0 Å². The number of hydrogen-bond donors (Lipinski definition) is 0. The number of aromatic nitrogens is 3. The minimum absolute atomic E-state index is 0.0178. The molecule has 5 heterocycles. The van der Waals surface area contributed by atoms with Crippen LogP contribution in [0.3, 0.4) is 0 Å². The first kappa shape index (κ1) is 37.7. The molecule has 3 aromatic heterocycles. The Labute approximate surface area is 365 Å². The number of para-hydroxylation sites is 2. The lowest BCUT2D eigenvalue weighted by molar-refractivity contribution is 0.588. The maximum Gasteiger partial charge on any atom is 0.0583 e. The molecule has 308 valence electrons. The fraction of sp³-hybridized carbons (Fsp3) is 0.288. The highest BCUT2D eigenvalue weighted by Gasteiger charge is 2.41. The summed E-state index contributed by atoms with van der Waals surface area (Å²) < 4.78 is 7.84. The van der Waals surface area contributed by atoms with E-state index in [2.05, 4.69) is 218 Å². The highest BCUT2D eigenvalue weighted by atomic mass is 15.1. The number of rotatable bonds is 1. The van der Waals surface area contributed by atoms with Crippen molar-refractivity contribution in [3.63, 3.8) is 0 Å². The zero-order chi connectivity index (χ0) is 43.2. The second kappa shape index (κ2) is 11.9. The molecule has 0 spiro atoms. The predicted molar refractivity (Wildman–Crippen MR) is 265 cm³/mol. The second-order valence-electron chi connectivity index (χ2n) is 22.8. The molecule has 12 rings (SSSR count). The SMILES string of the molecule is CC(C)(C)c1ccc2c(c1)c1cc(C(C)(C)C)cc3c1n2-c1cc(-n2c4ccccc4c4ccccc42)cc2c1C3c1cc(C(C)(C)C)cc3c4cc(C(C)(C)C)ccc4n-2c13. The van der Waals surface area contributed by atoms with Gasteiger partial charge in [-0.15, -0.1) is 0 Å². The molecule has 0 atom stereocenters. The zero-order valence-electron chi connectivity index (χ0n) is 38.5. The zero-order valence-corrected chi connectivity index (χ0v) is 38.5. The van der Waals surface area contributed by atoms with E-state index < -0.39 is 0 Å². The summed E-state index contributed by atoms with van der Waals surface area (Å²) in [5, 5.41) is 7.93. The van der Waals surface area contributed by atoms with E-state index in [1.807, 2.05) is 0 Å². The molecule has 62 heavy (non-hydrogen) atoms. The van der Waals surface area contributed by atoms with Crippen LogP contribution in [0.4, 0.5) is 0 Å².